The second-order valence-corrected chi connectivity index (χ2v) is 3.63. The van der Waals surface area contributed by atoms with Crippen LogP contribution in [0.25, 0.3) is 0 Å². The average molecular weight is 248 g/mol. The molecule has 96 valence electrons. The highest BCUT2D eigenvalue weighted by atomic mass is 16.6. The first-order valence-electron chi connectivity index (χ1n) is 5.68. The van der Waals surface area contributed by atoms with Crippen LogP contribution in [0.15, 0.2) is 42.7 Å². The van der Waals surface area contributed by atoms with Gasteiger partial charge >= 0.3 is 5.97 Å². The number of rotatable bonds is 6. The normalized spacial score (nSPS) is 11.4. The minimum Gasteiger partial charge on any atom is -0.476 e. The Bertz CT molecular complexity index is 436. The summed E-state index contributed by atoms with van der Waals surface area (Å²) >= 11 is 0. The van der Waals surface area contributed by atoms with Gasteiger partial charge in [0, 0.05) is 5.56 Å². The molecule has 1 atom stereocenters. The molecule has 0 aromatic heterocycles. The molecule has 0 amide bonds. The summed E-state index contributed by atoms with van der Waals surface area (Å²) in [5.41, 5.74) is 0.529. The predicted octanol–water partition coefficient (Wildman–Crippen LogP) is 2.35. The molecule has 0 aliphatic heterocycles. The maximum absolute atomic E-state index is 11.9. The molecule has 4 heteroatoms. The van der Waals surface area contributed by atoms with Gasteiger partial charge in [-0.1, -0.05) is 30.3 Å². The molecular formula is C14H16O4. The molecule has 1 aromatic rings. The summed E-state index contributed by atoms with van der Waals surface area (Å²) in [6.45, 7) is 6.93. The standard InChI is InChI=1S/C14H16O4/c1-4-17-14(16)11(3)18-10(2)13(15)12-8-6-5-7-9-12/h5-10H,3-4H2,1-2H3. The van der Waals surface area contributed by atoms with E-state index in [0.29, 0.717) is 5.56 Å². The van der Waals surface area contributed by atoms with E-state index in [1.54, 1.807) is 38.1 Å². The van der Waals surface area contributed by atoms with Gasteiger partial charge in [-0.3, -0.25) is 4.79 Å². The third-order valence-electron chi connectivity index (χ3n) is 2.25. The summed E-state index contributed by atoms with van der Waals surface area (Å²) in [6.07, 6.45) is -0.774. The Morgan fingerprint density at radius 3 is 2.44 bits per heavy atom. The molecule has 0 heterocycles. The van der Waals surface area contributed by atoms with Gasteiger partial charge in [-0.15, -0.1) is 0 Å². The van der Waals surface area contributed by atoms with E-state index in [0.717, 1.165) is 0 Å². The van der Waals surface area contributed by atoms with E-state index in [4.69, 9.17) is 9.47 Å². The van der Waals surface area contributed by atoms with E-state index < -0.39 is 12.1 Å². The number of Topliss-reactive ketones (excluding diaryl/α,β-unsaturated/α-hetero) is 1. The molecule has 0 saturated carbocycles. The average Bonchev–Trinajstić information content (AvgIpc) is 2.39. The molecule has 0 N–H and O–H groups in total. The van der Waals surface area contributed by atoms with Crippen LogP contribution in [0, 0.1) is 0 Å². The fourth-order valence-electron chi connectivity index (χ4n) is 1.36. The molecule has 1 aromatic carbocycles. The van der Waals surface area contributed by atoms with Crippen molar-refractivity contribution in [2.24, 2.45) is 0 Å². The van der Waals surface area contributed by atoms with Crippen molar-refractivity contribution >= 4 is 11.8 Å². The lowest BCUT2D eigenvalue weighted by atomic mass is 10.1. The zero-order valence-corrected chi connectivity index (χ0v) is 10.5. The van der Waals surface area contributed by atoms with Gasteiger partial charge in [0.05, 0.1) is 6.61 Å². The number of ketones is 1. The molecule has 0 spiro atoms. The van der Waals surface area contributed by atoms with Gasteiger partial charge in [0.1, 0.15) is 0 Å². The summed E-state index contributed by atoms with van der Waals surface area (Å²) < 4.78 is 9.88. The van der Waals surface area contributed by atoms with Crippen LogP contribution in [0.5, 0.6) is 0 Å². The Morgan fingerprint density at radius 1 is 1.28 bits per heavy atom. The highest BCUT2D eigenvalue weighted by molar-refractivity contribution is 5.99. The lowest BCUT2D eigenvalue weighted by Gasteiger charge is -2.14. The van der Waals surface area contributed by atoms with Crippen molar-refractivity contribution in [1.29, 1.82) is 0 Å². The fourth-order valence-corrected chi connectivity index (χ4v) is 1.36. The van der Waals surface area contributed by atoms with E-state index >= 15 is 0 Å². The van der Waals surface area contributed by atoms with Crippen LogP contribution in [0.2, 0.25) is 0 Å². The molecule has 4 nitrogen and oxygen atoms in total. The quantitative estimate of drug-likeness (QED) is 0.335. The SMILES string of the molecule is C=C(OC(C)C(=O)c1ccccc1)C(=O)OCC. The van der Waals surface area contributed by atoms with Gasteiger partial charge in [-0.05, 0) is 20.4 Å². The van der Waals surface area contributed by atoms with E-state index in [1.165, 1.54) is 0 Å². The summed E-state index contributed by atoms with van der Waals surface area (Å²) in [5, 5.41) is 0. The third kappa shape index (κ3) is 3.73. The Hall–Kier alpha value is -2.10. The number of carbonyl (C=O) groups excluding carboxylic acids is 2. The van der Waals surface area contributed by atoms with Gasteiger partial charge in [0.15, 0.2) is 11.9 Å². The van der Waals surface area contributed by atoms with Crippen molar-refractivity contribution in [1.82, 2.24) is 0 Å². The predicted molar refractivity (Wildman–Crippen MR) is 67.1 cm³/mol. The molecule has 0 aliphatic rings. The Balaban J connectivity index is 2.61. The minimum atomic E-state index is -0.774. The lowest BCUT2D eigenvalue weighted by molar-refractivity contribution is -0.143. The number of hydrogen-bond donors (Lipinski definition) is 0. The molecule has 0 aliphatic carbocycles. The molecule has 1 unspecified atom stereocenters. The Morgan fingerprint density at radius 2 is 1.89 bits per heavy atom. The molecule has 0 fully saturated rings. The van der Waals surface area contributed by atoms with Crippen molar-refractivity contribution in [3.8, 4) is 0 Å². The van der Waals surface area contributed by atoms with Crippen molar-refractivity contribution in [3.05, 3.63) is 48.2 Å². The Labute approximate surface area is 106 Å². The monoisotopic (exact) mass is 248 g/mol. The van der Waals surface area contributed by atoms with Crippen molar-refractivity contribution < 1.29 is 19.1 Å². The number of hydrogen-bond acceptors (Lipinski definition) is 4. The first kappa shape index (κ1) is 14.0. The zero-order valence-electron chi connectivity index (χ0n) is 10.5. The molecule has 1 rings (SSSR count). The first-order chi connectivity index (χ1) is 8.56. The van der Waals surface area contributed by atoms with Gasteiger partial charge in [-0.2, -0.15) is 0 Å². The molecular weight excluding hydrogens is 232 g/mol. The van der Waals surface area contributed by atoms with E-state index in [2.05, 4.69) is 6.58 Å². The van der Waals surface area contributed by atoms with Crippen LogP contribution in [-0.4, -0.2) is 24.5 Å². The highest BCUT2D eigenvalue weighted by Crippen LogP contribution is 2.10. The van der Waals surface area contributed by atoms with Crippen LogP contribution >= 0.6 is 0 Å². The molecule has 0 radical (unpaired) electrons. The molecule has 18 heavy (non-hydrogen) atoms. The maximum Gasteiger partial charge on any atom is 0.372 e. The molecule has 0 bridgehead atoms. The fraction of sp³-hybridized carbons (Fsp3) is 0.286. The summed E-state index contributed by atoms with van der Waals surface area (Å²) in [7, 11) is 0. The number of esters is 1. The Kier molecular flexibility index (Phi) is 5.11. The van der Waals surface area contributed by atoms with Crippen molar-refractivity contribution in [2.45, 2.75) is 20.0 Å². The van der Waals surface area contributed by atoms with Gasteiger partial charge in [0.2, 0.25) is 5.78 Å². The van der Waals surface area contributed by atoms with Crippen LogP contribution in [0.4, 0.5) is 0 Å². The van der Waals surface area contributed by atoms with E-state index in [9.17, 15) is 9.59 Å². The van der Waals surface area contributed by atoms with Gasteiger partial charge in [0.25, 0.3) is 0 Å². The highest BCUT2D eigenvalue weighted by Gasteiger charge is 2.20. The first-order valence-corrected chi connectivity index (χ1v) is 5.68. The van der Waals surface area contributed by atoms with Crippen LogP contribution in [0.1, 0.15) is 24.2 Å². The van der Waals surface area contributed by atoms with Gasteiger partial charge < -0.3 is 9.47 Å². The number of ether oxygens (including phenoxy) is 2. The van der Waals surface area contributed by atoms with Gasteiger partial charge in [-0.25, -0.2) is 4.79 Å². The number of benzene rings is 1. The summed E-state index contributed by atoms with van der Waals surface area (Å²) in [6, 6.07) is 8.73. The zero-order chi connectivity index (χ0) is 13.5. The van der Waals surface area contributed by atoms with Crippen LogP contribution in [-0.2, 0) is 14.3 Å². The van der Waals surface area contributed by atoms with Crippen LogP contribution < -0.4 is 0 Å². The summed E-state index contributed by atoms with van der Waals surface area (Å²) in [4.78, 5) is 23.2. The topological polar surface area (TPSA) is 52.6 Å². The largest absolute Gasteiger partial charge is 0.476 e. The third-order valence-corrected chi connectivity index (χ3v) is 2.25. The second kappa shape index (κ2) is 6.59. The lowest BCUT2D eigenvalue weighted by Crippen LogP contribution is -2.23. The minimum absolute atomic E-state index is 0.159. The van der Waals surface area contributed by atoms with E-state index in [-0.39, 0.29) is 18.1 Å². The van der Waals surface area contributed by atoms with E-state index in [1.807, 2.05) is 6.07 Å². The molecule has 0 saturated heterocycles. The number of carbonyl (C=O) groups is 2. The van der Waals surface area contributed by atoms with Crippen LogP contribution in [0.3, 0.4) is 0 Å². The maximum atomic E-state index is 11.9. The second-order valence-electron chi connectivity index (χ2n) is 3.63. The smallest absolute Gasteiger partial charge is 0.372 e. The van der Waals surface area contributed by atoms with Crippen molar-refractivity contribution in [2.75, 3.05) is 6.61 Å². The van der Waals surface area contributed by atoms with Crippen molar-refractivity contribution in [3.63, 3.8) is 0 Å². The summed E-state index contributed by atoms with van der Waals surface area (Å²) in [5.74, 6) is -1.01.